The van der Waals surface area contributed by atoms with E-state index in [0.29, 0.717) is 12.8 Å². The number of nitriles is 1. The fraction of sp³-hybridized carbons (Fsp3) is 0.500. The third-order valence-electron chi connectivity index (χ3n) is 3.61. The van der Waals surface area contributed by atoms with Crippen LogP contribution in [-0.2, 0) is 9.53 Å². The number of rotatable bonds is 5. The van der Waals surface area contributed by atoms with Crippen molar-refractivity contribution in [1.29, 1.82) is 5.26 Å². The highest BCUT2D eigenvalue weighted by Crippen LogP contribution is 2.27. The molecule has 1 aliphatic carbocycles. The summed E-state index contributed by atoms with van der Waals surface area (Å²) in [5, 5.41) is 22.3. The summed E-state index contributed by atoms with van der Waals surface area (Å²) in [5.74, 6) is -2.53. The molecular formula is C14H15N3O6. The quantitative estimate of drug-likeness (QED) is 0.495. The van der Waals surface area contributed by atoms with Crippen molar-refractivity contribution in [3.8, 4) is 6.07 Å². The Kier molecular flexibility index (Phi) is 4.95. The largest absolute Gasteiger partial charge is 0.450 e. The molecule has 0 radical (unpaired) electrons. The zero-order chi connectivity index (χ0) is 16.9. The zero-order valence-electron chi connectivity index (χ0n) is 12.2. The first-order chi connectivity index (χ1) is 11.0. The van der Waals surface area contributed by atoms with Crippen LogP contribution in [0.4, 0.5) is 5.88 Å². The summed E-state index contributed by atoms with van der Waals surface area (Å²) in [6.45, 7) is -0.587. The van der Waals surface area contributed by atoms with Crippen molar-refractivity contribution in [1.82, 2.24) is 5.32 Å². The number of hydrogen-bond acceptors (Lipinski definition) is 7. The molecule has 0 bridgehead atoms. The number of nitro groups is 1. The fourth-order valence-corrected chi connectivity index (χ4v) is 2.46. The summed E-state index contributed by atoms with van der Waals surface area (Å²) in [5.41, 5.74) is -0.911. The molecule has 9 heteroatoms. The number of ether oxygens (including phenoxy) is 1. The van der Waals surface area contributed by atoms with E-state index in [9.17, 15) is 25.0 Å². The van der Waals surface area contributed by atoms with Crippen LogP contribution in [0, 0.1) is 21.4 Å². The van der Waals surface area contributed by atoms with Crippen LogP contribution < -0.4 is 5.32 Å². The Morgan fingerprint density at radius 3 is 2.65 bits per heavy atom. The predicted octanol–water partition coefficient (Wildman–Crippen LogP) is 1.69. The molecule has 0 atom stereocenters. The van der Waals surface area contributed by atoms with Crippen molar-refractivity contribution in [2.45, 2.75) is 37.6 Å². The van der Waals surface area contributed by atoms with Gasteiger partial charge in [0.1, 0.15) is 10.5 Å². The number of hydrogen-bond donors (Lipinski definition) is 1. The minimum atomic E-state index is -0.983. The van der Waals surface area contributed by atoms with E-state index in [4.69, 9.17) is 4.74 Å². The van der Waals surface area contributed by atoms with Gasteiger partial charge in [-0.2, -0.15) is 5.26 Å². The van der Waals surface area contributed by atoms with Gasteiger partial charge >= 0.3 is 11.9 Å². The highest BCUT2D eigenvalue weighted by atomic mass is 16.7. The Hall–Kier alpha value is -2.89. The van der Waals surface area contributed by atoms with Crippen LogP contribution in [0.3, 0.4) is 0 Å². The summed E-state index contributed by atoms with van der Waals surface area (Å²) in [7, 11) is 0. The maximum Gasteiger partial charge on any atom is 0.433 e. The van der Waals surface area contributed by atoms with E-state index < -0.39 is 34.8 Å². The van der Waals surface area contributed by atoms with Gasteiger partial charge in [-0.3, -0.25) is 14.9 Å². The van der Waals surface area contributed by atoms with Crippen molar-refractivity contribution in [3.05, 3.63) is 28.0 Å². The number of nitrogens with zero attached hydrogens (tertiary/aromatic N) is 2. The molecule has 0 saturated heterocycles. The first kappa shape index (κ1) is 16.5. The molecule has 2 rings (SSSR count). The highest BCUT2D eigenvalue weighted by Gasteiger charge is 2.33. The number of carbonyl (C=O) groups is 2. The third kappa shape index (κ3) is 4.06. The van der Waals surface area contributed by atoms with Gasteiger partial charge in [0.05, 0.1) is 12.1 Å². The summed E-state index contributed by atoms with van der Waals surface area (Å²) in [6, 6.07) is 4.23. The van der Waals surface area contributed by atoms with Crippen LogP contribution in [0.2, 0.25) is 0 Å². The molecule has 1 aromatic rings. The van der Waals surface area contributed by atoms with Crippen molar-refractivity contribution in [2.24, 2.45) is 0 Å². The lowest BCUT2D eigenvalue weighted by Crippen LogP contribution is -2.50. The molecule has 0 unspecified atom stereocenters. The second-order valence-corrected chi connectivity index (χ2v) is 5.27. The van der Waals surface area contributed by atoms with E-state index in [1.807, 2.05) is 0 Å². The molecule has 1 amide bonds. The first-order valence-electron chi connectivity index (χ1n) is 7.09. The lowest BCUT2D eigenvalue weighted by Gasteiger charge is -2.31. The van der Waals surface area contributed by atoms with Crippen molar-refractivity contribution >= 4 is 17.8 Å². The number of nitrogens with one attached hydrogen (secondary N) is 1. The molecule has 9 nitrogen and oxygen atoms in total. The molecule has 1 heterocycles. The van der Waals surface area contributed by atoms with Crippen LogP contribution in [0.15, 0.2) is 16.5 Å². The Morgan fingerprint density at radius 2 is 2.09 bits per heavy atom. The zero-order valence-corrected chi connectivity index (χ0v) is 12.2. The number of esters is 1. The van der Waals surface area contributed by atoms with E-state index in [1.165, 1.54) is 0 Å². The second-order valence-electron chi connectivity index (χ2n) is 5.27. The molecule has 122 valence electrons. The average molecular weight is 321 g/mol. The van der Waals surface area contributed by atoms with Crippen molar-refractivity contribution in [3.63, 3.8) is 0 Å². The van der Waals surface area contributed by atoms with E-state index in [0.717, 1.165) is 31.4 Å². The summed E-state index contributed by atoms with van der Waals surface area (Å²) in [6.07, 6.45) is 3.85. The summed E-state index contributed by atoms with van der Waals surface area (Å²) in [4.78, 5) is 33.2. The smallest absolute Gasteiger partial charge is 0.433 e. The summed E-state index contributed by atoms with van der Waals surface area (Å²) < 4.78 is 9.41. The topological polar surface area (TPSA) is 135 Å². The molecule has 0 aliphatic heterocycles. The summed E-state index contributed by atoms with van der Waals surface area (Å²) >= 11 is 0. The Labute approximate surface area is 131 Å². The predicted molar refractivity (Wildman–Crippen MR) is 75.2 cm³/mol. The normalized spacial score (nSPS) is 16.1. The van der Waals surface area contributed by atoms with E-state index in [-0.39, 0.29) is 5.76 Å². The van der Waals surface area contributed by atoms with Crippen LogP contribution >= 0.6 is 0 Å². The number of furan rings is 1. The van der Waals surface area contributed by atoms with Gasteiger partial charge in [0, 0.05) is 0 Å². The Bertz CT molecular complexity index is 654. The van der Waals surface area contributed by atoms with Gasteiger partial charge in [0.2, 0.25) is 5.76 Å². The van der Waals surface area contributed by atoms with Crippen LogP contribution in [0.1, 0.15) is 42.7 Å². The van der Waals surface area contributed by atoms with Gasteiger partial charge in [-0.05, 0) is 18.9 Å². The van der Waals surface area contributed by atoms with Crippen molar-refractivity contribution < 1.29 is 23.7 Å². The first-order valence-corrected chi connectivity index (χ1v) is 7.09. The van der Waals surface area contributed by atoms with Gasteiger partial charge in [-0.15, -0.1) is 0 Å². The molecule has 1 N–H and O–H groups in total. The van der Waals surface area contributed by atoms with Crippen LogP contribution in [-0.4, -0.2) is 28.9 Å². The minimum absolute atomic E-state index is 0.364. The van der Waals surface area contributed by atoms with Gasteiger partial charge < -0.3 is 14.5 Å². The maximum atomic E-state index is 11.8. The molecule has 0 aromatic carbocycles. The lowest BCUT2D eigenvalue weighted by atomic mass is 9.83. The highest BCUT2D eigenvalue weighted by molar-refractivity contribution is 5.89. The monoisotopic (exact) mass is 321 g/mol. The Balaban J connectivity index is 1.87. The van der Waals surface area contributed by atoms with E-state index >= 15 is 0 Å². The average Bonchev–Trinajstić information content (AvgIpc) is 3.04. The Morgan fingerprint density at radius 1 is 1.39 bits per heavy atom. The van der Waals surface area contributed by atoms with Gasteiger partial charge in [-0.1, -0.05) is 19.3 Å². The third-order valence-corrected chi connectivity index (χ3v) is 3.61. The molecular weight excluding hydrogens is 306 g/mol. The van der Waals surface area contributed by atoms with Crippen molar-refractivity contribution in [2.75, 3.05) is 6.61 Å². The number of carbonyl (C=O) groups excluding carboxylic acids is 2. The van der Waals surface area contributed by atoms with E-state index in [1.54, 1.807) is 0 Å². The van der Waals surface area contributed by atoms with E-state index in [2.05, 4.69) is 15.8 Å². The number of amides is 1. The fourth-order valence-electron chi connectivity index (χ4n) is 2.46. The molecule has 23 heavy (non-hydrogen) atoms. The minimum Gasteiger partial charge on any atom is -0.450 e. The van der Waals surface area contributed by atoms with Gasteiger partial charge in [0.15, 0.2) is 6.61 Å². The second kappa shape index (κ2) is 6.91. The maximum absolute atomic E-state index is 11.8. The van der Waals surface area contributed by atoms with Crippen LogP contribution in [0.25, 0.3) is 0 Å². The molecule has 1 aromatic heterocycles. The van der Waals surface area contributed by atoms with Gasteiger partial charge in [-0.25, -0.2) is 4.79 Å². The SMILES string of the molecule is N#CC1(NC(=O)COC(=O)c2ccc([N+](=O)[O-])o2)CCCCC1. The lowest BCUT2D eigenvalue weighted by molar-refractivity contribution is -0.402. The standard InChI is InChI=1S/C14H15N3O6/c15-9-14(6-2-1-3-7-14)16-11(18)8-22-13(19)10-4-5-12(23-10)17(20)21/h4-5H,1-3,6-8H2,(H,16,18). The molecule has 0 spiro atoms. The van der Waals surface area contributed by atoms with Gasteiger partial charge in [0.25, 0.3) is 5.91 Å². The molecule has 1 fully saturated rings. The molecule has 1 saturated carbocycles. The van der Waals surface area contributed by atoms with Crippen LogP contribution in [0.5, 0.6) is 0 Å². The molecule has 1 aliphatic rings.